The van der Waals surface area contributed by atoms with Crippen LogP contribution in [0.5, 0.6) is 0 Å². The Morgan fingerprint density at radius 3 is 2.59 bits per heavy atom. The number of carbonyl (C=O) groups excluding carboxylic acids is 1. The number of pyridine rings is 1. The summed E-state index contributed by atoms with van der Waals surface area (Å²) in [6, 6.07) is 1.10. The van der Waals surface area contributed by atoms with E-state index in [2.05, 4.69) is 20.9 Å². The third kappa shape index (κ3) is 5.17. The molecule has 144 valence electrons. The number of fused-ring (bicyclic) bond motifs is 1. The van der Waals surface area contributed by atoms with Gasteiger partial charge >= 0.3 is 23.7 Å². The van der Waals surface area contributed by atoms with Crippen molar-refractivity contribution >= 4 is 45.1 Å². The van der Waals surface area contributed by atoms with Gasteiger partial charge in [0, 0.05) is 23.4 Å². The first kappa shape index (κ1) is 20.2. The lowest BCUT2D eigenvalue weighted by molar-refractivity contribution is -0.140. The number of halogens is 1. The van der Waals surface area contributed by atoms with Crippen LogP contribution in [0.2, 0.25) is 0 Å². The van der Waals surface area contributed by atoms with Gasteiger partial charge in [-0.3, -0.25) is 14.6 Å². The van der Waals surface area contributed by atoms with Crippen molar-refractivity contribution < 1.29 is 33.8 Å². The normalized spacial score (nSPS) is 11.7. The molecule has 1 atom stereocenters. The SMILES string of the molecule is O=C(O)CC[C@H](NC(=O)OCc1c(Br)c(=O)oc2[nH]c(=O)ccc12)C(=O)O. The van der Waals surface area contributed by atoms with Crippen molar-refractivity contribution in [1.82, 2.24) is 10.3 Å². The van der Waals surface area contributed by atoms with Gasteiger partial charge in [0.1, 0.15) is 17.1 Å². The van der Waals surface area contributed by atoms with E-state index in [1.807, 2.05) is 5.32 Å². The number of nitrogens with one attached hydrogen (secondary N) is 2. The van der Waals surface area contributed by atoms with Gasteiger partial charge < -0.3 is 24.7 Å². The average Bonchev–Trinajstić information content (AvgIpc) is 2.58. The number of carboxylic acid groups (broad SMARTS) is 2. The number of aliphatic carboxylic acids is 2. The summed E-state index contributed by atoms with van der Waals surface area (Å²) in [6.07, 6.45) is -1.91. The van der Waals surface area contributed by atoms with Crippen LogP contribution >= 0.6 is 15.9 Å². The first-order valence-electron chi connectivity index (χ1n) is 7.41. The average molecular weight is 445 g/mol. The highest BCUT2D eigenvalue weighted by molar-refractivity contribution is 9.10. The second kappa shape index (κ2) is 8.49. The van der Waals surface area contributed by atoms with Crippen LogP contribution in [0.25, 0.3) is 11.1 Å². The van der Waals surface area contributed by atoms with Crippen LogP contribution in [0, 0.1) is 0 Å². The largest absolute Gasteiger partial charge is 0.481 e. The molecule has 11 nitrogen and oxygen atoms in total. The minimum absolute atomic E-state index is 0.0319. The highest BCUT2D eigenvalue weighted by Gasteiger charge is 2.22. The molecule has 0 fully saturated rings. The molecule has 4 N–H and O–H groups in total. The Morgan fingerprint density at radius 2 is 1.96 bits per heavy atom. The van der Waals surface area contributed by atoms with Gasteiger partial charge in [-0.1, -0.05) is 0 Å². The van der Waals surface area contributed by atoms with Crippen LogP contribution in [0.3, 0.4) is 0 Å². The van der Waals surface area contributed by atoms with Crippen LogP contribution in [0.15, 0.2) is 30.6 Å². The Bertz CT molecular complexity index is 1010. The van der Waals surface area contributed by atoms with Crippen LogP contribution in [0.1, 0.15) is 18.4 Å². The van der Waals surface area contributed by atoms with Gasteiger partial charge in [0.05, 0.1) is 0 Å². The van der Waals surface area contributed by atoms with Gasteiger partial charge in [0.25, 0.3) is 5.56 Å². The number of hydrogen-bond acceptors (Lipinski definition) is 7. The van der Waals surface area contributed by atoms with Gasteiger partial charge in [-0.15, -0.1) is 0 Å². The fraction of sp³-hybridized carbons (Fsp3) is 0.267. The van der Waals surface area contributed by atoms with Crippen molar-refractivity contribution in [3.63, 3.8) is 0 Å². The van der Waals surface area contributed by atoms with Gasteiger partial charge in [-0.05, 0) is 28.4 Å². The Morgan fingerprint density at radius 1 is 1.26 bits per heavy atom. The molecular weight excluding hydrogens is 432 g/mol. The quantitative estimate of drug-likeness (QED) is 0.480. The predicted molar refractivity (Wildman–Crippen MR) is 92.4 cm³/mol. The topological polar surface area (TPSA) is 176 Å². The molecule has 0 unspecified atom stereocenters. The molecule has 2 aromatic rings. The molecule has 27 heavy (non-hydrogen) atoms. The number of aromatic amines is 1. The van der Waals surface area contributed by atoms with Crippen molar-refractivity contribution in [2.24, 2.45) is 0 Å². The lowest BCUT2D eigenvalue weighted by Crippen LogP contribution is -2.41. The first-order chi connectivity index (χ1) is 12.7. The molecule has 2 aromatic heterocycles. The minimum atomic E-state index is -1.45. The van der Waals surface area contributed by atoms with Crippen LogP contribution < -0.4 is 16.5 Å². The summed E-state index contributed by atoms with van der Waals surface area (Å²) < 4.78 is 9.82. The fourth-order valence-corrected chi connectivity index (χ4v) is 2.55. The summed E-state index contributed by atoms with van der Waals surface area (Å²) in [7, 11) is 0. The van der Waals surface area contributed by atoms with Crippen molar-refractivity contribution in [3.05, 3.63) is 42.9 Å². The zero-order valence-electron chi connectivity index (χ0n) is 13.5. The summed E-state index contributed by atoms with van der Waals surface area (Å²) in [5.41, 5.74) is -1.22. The number of alkyl carbamates (subject to hydrolysis) is 1. The molecule has 0 spiro atoms. The van der Waals surface area contributed by atoms with E-state index in [0.29, 0.717) is 5.39 Å². The Balaban J connectivity index is 2.16. The number of carboxylic acids is 2. The molecule has 0 aliphatic carbocycles. The second-order valence-corrected chi connectivity index (χ2v) is 6.08. The zero-order valence-corrected chi connectivity index (χ0v) is 15.1. The van der Waals surface area contributed by atoms with E-state index in [1.165, 1.54) is 12.1 Å². The molecule has 1 amide bonds. The van der Waals surface area contributed by atoms with Gasteiger partial charge in [0.15, 0.2) is 0 Å². The molecule has 0 bridgehead atoms. The number of rotatable bonds is 7. The van der Waals surface area contributed by atoms with E-state index in [9.17, 15) is 24.0 Å². The molecule has 0 aliphatic rings. The van der Waals surface area contributed by atoms with Crippen molar-refractivity contribution in [1.29, 1.82) is 0 Å². The Kier molecular flexibility index (Phi) is 6.34. The highest BCUT2D eigenvalue weighted by atomic mass is 79.9. The third-order valence-corrected chi connectivity index (χ3v) is 4.23. The van der Waals surface area contributed by atoms with Crippen LogP contribution in [0.4, 0.5) is 4.79 Å². The fourth-order valence-electron chi connectivity index (χ4n) is 2.14. The monoisotopic (exact) mass is 444 g/mol. The number of ether oxygens (including phenoxy) is 1. The number of amides is 1. The molecule has 0 saturated heterocycles. The zero-order chi connectivity index (χ0) is 20.1. The van der Waals surface area contributed by atoms with E-state index in [-0.39, 0.29) is 22.2 Å². The second-order valence-electron chi connectivity index (χ2n) is 5.29. The predicted octanol–water partition coefficient (Wildman–Crippen LogP) is 0.788. The summed E-state index contributed by atoms with van der Waals surface area (Å²) in [5, 5.41) is 19.9. The summed E-state index contributed by atoms with van der Waals surface area (Å²) >= 11 is 3.02. The summed E-state index contributed by atoms with van der Waals surface area (Å²) in [4.78, 5) is 58.9. The first-order valence-corrected chi connectivity index (χ1v) is 8.20. The molecule has 0 aliphatic heterocycles. The number of aromatic nitrogens is 1. The van der Waals surface area contributed by atoms with E-state index in [1.54, 1.807) is 0 Å². The number of H-pyrrole nitrogens is 1. The third-order valence-electron chi connectivity index (χ3n) is 3.43. The van der Waals surface area contributed by atoms with E-state index in [4.69, 9.17) is 19.4 Å². The molecular formula is C15H13BrN2O9. The minimum Gasteiger partial charge on any atom is -0.481 e. The summed E-state index contributed by atoms with van der Waals surface area (Å²) in [5.74, 6) is -2.63. The van der Waals surface area contributed by atoms with Crippen LogP contribution in [-0.2, 0) is 20.9 Å². The molecule has 0 aromatic carbocycles. The van der Waals surface area contributed by atoms with Gasteiger partial charge in [0.2, 0.25) is 5.71 Å². The lowest BCUT2D eigenvalue weighted by atomic mass is 10.1. The standard InChI is InChI=1S/C15H13BrN2O9/c16-11-7(6-1-3-9(19)18-12(6)27-14(11)24)5-26-15(25)17-8(13(22)23)2-4-10(20)21/h1,3,8H,2,4-5H2,(H,17,25)(H,18,19)(H,20,21)(H,22,23)/t8-/m0/s1. The number of hydrogen-bond donors (Lipinski definition) is 4. The van der Waals surface area contributed by atoms with E-state index < -0.39 is 48.3 Å². The van der Waals surface area contributed by atoms with Crippen molar-refractivity contribution in [2.45, 2.75) is 25.5 Å². The van der Waals surface area contributed by atoms with Crippen LogP contribution in [-0.4, -0.2) is 39.3 Å². The maximum absolute atomic E-state index is 11.8. The Hall–Kier alpha value is -3.15. The molecule has 12 heteroatoms. The number of carbonyl (C=O) groups is 3. The maximum atomic E-state index is 11.8. The van der Waals surface area contributed by atoms with Crippen molar-refractivity contribution in [2.75, 3.05) is 0 Å². The smallest absolute Gasteiger partial charge is 0.408 e. The highest BCUT2D eigenvalue weighted by Crippen LogP contribution is 2.22. The van der Waals surface area contributed by atoms with Gasteiger partial charge in [-0.25, -0.2) is 14.4 Å². The molecule has 0 saturated carbocycles. The maximum Gasteiger partial charge on any atom is 0.408 e. The Labute approximate surface area is 158 Å². The van der Waals surface area contributed by atoms with E-state index >= 15 is 0 Å². The lowest BCUT2D eigenvalue weighted by Gasteiger charge is -2.14. The summed E-state index contributed by atoms with van der Waals surface area (Å²) in [6.45, 7) is -0.439. The molecule has 2 rings (SSSR count). The molecule has 0 radical (unpaired) electrons. The van der Waals surface area contributed by atoms with E-state index in [0.717, 1.165) is 0 Å². The molecule has 2 heterocycles. The van der Waals surface area contributed by atoms with Crippen molar-refractivity contribution in [3.8, 4) is 0 Å². The van der Waals surface area contributed by atoms with Gasteiger partial charge in [-0.2, -0.15) is 0 Å².